The molecule has 0 spiro atoms. The molecule has 2 rings (SSSR count). The normalized spacial score (nSPS) is 15.8. The molecule has 1 saturated carbocycles. The Balaban J connectivity index is 0.000000550. The summed E-state index contributed by atoms with van der Waals surface area (Å²) >= 11 is -0.556. The molecule has 0 saturated heterocycles. The number of nitrogens with zero attached hydrogens (tertiary/aromatic N) is 1. The molecule has 0 heterocycles. The third kappa shape index (κ3) is 6.79. The summed E-state index contributed by atoms with van der Waals surface area (Å²) in [4.78, 5) is 5.05. The van der Waals surface area contributed by atoms with Gasteiger partial charge in [-0.15, -0.1) is 6.54 Å². The molecule has 1 aliphatic carbocycles. The van der Waals surface area contributed by atoms with Gasteiger partial charge in [0.1, 0.15) is 0 Å². The number of rotatable bonds is 4. The number of halogens is 2. The summed E-state index contributed by atoms with van der Waals surface area (Å²) < 4.78 is 0. The van der Waals surface area contributed by atoms with E-state index in [1.165, 1.54) is 31.2 Å². The Labute approximate surface area is 135 Å². The van der Waals surface area contributed by atoms with Crippen molar-refractivity contribution in [2.24, 2.45) is 0 Å². The fourth-order valence-electron chi connectivity index (χ4n) is 2.64. The molecule has 0 aliphatic heterocycles. The van der Waals surface area contributed by atoms with E-state index in [2.05, 4.69) is 43.4 Å². The predicted octanol–water partition coefficient (Wildman–Crippen LogP) is 6.09. The first-order valence-electron chi connectivity index (χ1n) is 6.79. The van der Waals surface area contributed by atoms with Crippen LogP contribution in [-0.4, -0.2) is 8.24 Å². The average Bonchev–Trinajstić information content (AvgIpc) is 2.93. The van der Waals surface area contributed by atoms with Crippen molar-refractivity contribution < 1.29 is 17.0 Å². The van der Waals surface area contributed by atoms with Gasteiger partial charge in [-0.05, 0) is 0 Å². The van der Waals surface area contributed by atoms with Gasteiger partial charge in [-0.1, -0.05) is 88.4 Å². The van der Waals surface area contributed by atoms with Crippen molar-refractivity contribution >= 4 is 26.8 Å². The summed E-state index contributed by atoms with van der Waals surface area (Å²) in [5.41, 5.74) is 2.30. The van der Waals surface area contributed by atoms with Gasteiger partial charge in [0.25, 0.3) is 0 Å². The van der Waals surface area contributed by atoms with Crippen LogP contribution in [0.5, 0.6) is 0 Å². The maximum absolute atomic E-state index is 5.05. The molecule has 19 heavy (non-hydrogen) atoms. The number of hydrogen-bond acceptors (Lipinski definition) is 0. The number of hydrogen-bond donors (Lipinski definition) is 0. The van der Waals surface area contributed by atoms with Gasteiger partial charge in [-0.3, -0.25) is 0 Å². The van der Waals surface area contributed by atoms with Gasteiger partial charge < -0.3 is 4.98 Å². The molecule has 0 bridgehead atoms. The first kappa shape index (κ1) is 17.7. The van der Waals surface area contributed by atoms with Gasteiger partial charge in [-0.2, -0.15) is 0 Å². The van der Waals surface area contributed by atoms with Crippen LogP contribution in [0, 0.1) is 0 Å². The van der Waals surface area contributed by atoms with Gasteiger partial charge in [0.05, 0.1) is 0 Å². The second-order valence-corrected chi connectivity index (χ2v) is 12.5. The van der Waals surface area contributed by atoms with E-state index < -0.39 is 25.3 Å². The first-order valence-corrected chi connectivity index (χ1v) is 14.1. The van der Waals surface area contributed by atoms with E-state index in [-0.39, 0.29) is 0 Å². The molecule has 1 aliphatic rings. The van der Waals surface area contributed by atoms with Gasteiger partial charge >= 0.3 is 35.6 Å². The van der Waals surface area contributed by atoms with E-state index in [1.54, 1.807) is 0 Å². The Morgan fingerprint density at radius 2 is 1.68 bits per heavy atom. The molecular weight excluding hydrogens is 329 g/mol. The van der Waals surface area contributed by atoms with E-state index >= 15 is 0 Å². The molecule has 1 nitrogen and oxygen atoms in total. The van der Waals surface area contributed by atoms with Gasteiger partial charge in [-0.25, -0.2) is 0 Å². The molecule has 0 radical (unpaired) electrons. The van der Waals surface area contributed by atoms with Crippen LogP contribution in [0.15, 0.2) is 30.3 Å². The molecule has 0 amide bonds. The summed E-state index contributed by atoms with van der Waals surface area (Å²) in [5.74, 6) is 0. The van der Waals surface area contributed by atoms with Crippen molar-refractivity contribution in [2.45, 2.75) is 50.9 Å². The quantitative estimate of drug-likeness (QED) is 0.583. The SMILES string of the molecule is C[Si](C)([N-]Cc1ccccc1)C1CCCC1.[Cl][Ti][Cl]. The predicted molar refractivity (Wildman–Crippen MR) is 84.9 cm³/mol. The molecule has 1 fully saturated rings. The van der Waals surface area contributed by atoms with Crippen molar-refractivity contribution in [3.63, 3.8) is 0 Å². The zero-order valence-electron chi connectivity index (χ0n) is 11.7. The summed E-state index contributed by atoms with van der Waals surface area (Å²) in [6.45, 7) is 5.80. The van der Waals surface area contributed by atoms with Crippen molar-refractivity contribution in [3.8, 4) is 0 Å². The summed E-state index contributed by atoms with van der Waals surface area (Å²) in [6, 6.07) is 10.7. The maximum atomic E-state index is 5.05. The molecule has 1 aromatic rings. The number of benzene rings is 1. The van der Waals surface area contributed by atoms with E-state index in [0.29, 0.717) is 0 Å². The summed E-state index contributed by atoms with van der Waals surface area (Å²) in [5, 5.41) is 0. The Morgan fingerprint density at radius 3 is 2.21 bits per heavy atom. The monoisotopic (exact) mass is 350 g/mol. The average molecular weight is 351 g/mol. The van der Waals surface area contributed by atoms with Crippen LogP contribution in [-0.2, 0) is 23.6 Å². The van der Waals surface area contributed by atoms with E-state index in [9.17, 15) is 0 Å². The minimum absolute atomic E-state index is 0.556. The van der Waals surface area contributed by atoms with Gasteiger partial charge in [0, 0.05) is 0 Å². The van der Waals surface area contributed by atoms with Crippen LogP contribution in [0.3, 0.4) is 0 Å². The molecule has 1 aromatic carbocycles. The molecular formula is C14H22Cl2NSiTi-. The third-order valence-corrected chi connectivity index (χ3v) is 7.41. The van der Waals surface area contributed by atoms with Crippen LogP contribution in [0.4, 0.5) is 0 Å². The zero-order chi connectivity index (χ0) is 14.1. The Hall–Kier alpha value is 0.691. The van der Waals surface area contributed by atoms with E-state index in [0.717, 1.165) is 12.1 Å². The van der Waals surface area contributed by atoms with Crippen LogP contribution >= 0.6 is 18.6 Å². The molecule has 0 atom stereocenters. The standard InChI is InChI=1S/C14H22NSi.2ClH.Ti/c1-16(2,14-10-6-7-11-14)15-12-13-8-4-3-5-9-13;;;/h3-5,8-9,14H,6-7,10-12H2,1-2H3;2*1H;/q-1;;;+2/p-2. The third-order valence-electron chi connectivity index (χ3n) is 3.87. The topological polar surface area (TPSA) is 14.1 Å². The first-order chi connectivity index (χ1) is 9.10. The van der Waals surface area contributed by atoms with E-state index in [4.69, 9.17) is 23.6 Å². The van der Waals surface area contributed by atoms with Crippen LogP contribution < -0.4 is 0 Å². The molecule has 0 unspecified atom stereocenters. The summed E-state index contributed by atoms with van der Waals surface area (Å²) in [6.07, 6.45) is 5.72. The van der Waals surface area contributed by atoms with Crippen molar-refractivity contribution in [3.05, 3.63) is 40.9 Å². The molecule has 5 heteroatoms. The van der Waals surface area contributed by atoms with Gasteiger partial charge in [0.15, 0.2) is 0 Å². The fraction of sp³-hybridized carbons (Fsp3) is 0.571. The van der Waals surface area contributed by atoms with Crippen molar-refractivity contribution in [1.82, 2.24) is 0 Å². The fourth-order valence-corrected chi connectivity index (χ4v) is 5.31. The molecule has 0 N–H and O–H groups in total. The second-order valence-electron chi connectivity index (χ2n) is 5.51. The zero-order valence-corrected chi connectivity index (χ0v) is 15.8. The van der Waals surface area contributed by atoms with Crippen molar-refractivity contribution in [2.75, 3.05) is 0 Å². The van der Waals surface area contributed by atoms with E-state index in [1.807, 2.05) is 0 Å². The van der Waals surface area contributed by atoms with Gasteiger partial charge in [0.2, 0.25) is 0 Å². The van der Waals surface area contributed by atoms with Crippen molar-refractivity contribution in [1.29, 1.82) is 0 Å². The van der Waals surface area contributed by atoms with Crippen LogP contribution in [0.1, 0.15) is 31.2 Å². The van der Waals surface area contributed by atoms with Crippen LogP contribution in [0.2, 0.25) is 18.6 Å². The second kappa shape index (κ2) is 9.60. The Morgan fingerprint density at radius 1 is 1.16 bits per heavy atom. The molecule has 0 aromatic heterocycles. The van der Waals surface area contributed by atoms with Crippen LogP contribution in [0.25, 0.3) is 4.98 Å². The molecule has 106 valence electrons. The summed E-state index contributed by atoms with van der Waals surface area (Å²) in [7, 11) is 8.45. The minimum atomic E-state index is -1.33. The Kier molecular flexibility index (Phi) is 8.96. The Bertz CT molecular complexity index is 343.